The van der Waals surface area contributed by atoms with Gasteiger partial charge in [0.15, 0.2) is 11.5 Å². The molecule has 0 aliphatic rings. The van der Waals surface area contributed by atoms with Crippen molar-refractivity contribution < 1.29 is 13.9 Å². The van der Waals surface area contributed by atoms with E-state index >= 15 is 0 Å². The summed E-state index contributed by atoms with van der Waals surface area (Å²) in [5.41, 5.74) is 2.32. The van der Waals surface area contributed by atoms with Crippen molar-refractivity contribution in [3.8, 4) is 17.2 Å². The van der Waals surface area contributed by atoms with Crippen LogP contribution in [0.3, 0.4) is 0 Å². The van der Waals surface area contributed by atoms with Gasteiger partial charge in [0.25, 0.3) is 0 Å². The number of hydrogen-bond donors (Lipinski definition) is 0. The maximum absolute atomic E-state index is 13.5. The monoisotopic (exact) mass is 286 g/mol. The van der Waals surface area contributed by atoms with Crippen LogP contribution < -0.4 is 9.47 Å². The molecule has 108 valence electrons. The molecule has 4 nitrogen and oxygen atoms in total. The van der Waals surface area contributed by atoms with Gasteiger partial charge in [-0.25, -0.2) is 9.37 Å². The van der Waals surface area contributed by atoms with E-state index < -0.39 is 0 Å². The van der Waals surface area contributed by atoms with Crippen molar-refractivity contribution >= 4 is 11.0 Å². The van der Waals surface area contributed by atoms with Gasteiger partial charge in [-0.3, -0.25) is 4.57 Å². The average Bonchev–Trinajstić information content (AvgIpc) is 2.81. The second-order valence-electron chi connectivity index (χ2n) is 4.67. The van der Waals surface area contributed by atoms with Crippen LogP contribution in [0.15, 0.2) is 36.4 Å². The van der Waals surface area contributed by atoms with Crippen molar-refractivity contribution in [3.63, 3.8) is 0 Å². The first kappa shape index (κ1) is 13.4. The van der Waals surface area contributed by atoms with Gasteiger partial charge in [-0.15, -0.1) is 0 Å². The lowest BCUT2D eigenvalue weighted by molar-refractivity contribution is 0.355. The topological polar surface area (TPSA) is 36.3 Å². The van der Waals surface area contributed by atoms with Crippen molar-refractivity contribution in [3.05, 3.63) is 48.0 Å². The maximum Gasteiger partial charge on any atom is 0.162 e. The lowest BCUT2D eigenvalue weighted by Gasteiger charge is -2.12. The number of rotatable bonds is 3. The number of benzene rings is 2. The second-order valence-corrected chi connectivity index (χ2v) is 4.67. The highest BCUT2D eigenvalue weighted by Crippen LogP contribution is 2.31. The molecule has 0 bridgehead atoms. The van der Waals surface area contributed by atoms with Crippen LogP contribution >= 0.6 is 0 Å². The van der Waals surface area contributed by atoms with Crippen LogP contribution in [-0.4, -0.2) is 23.8 Å². The summed E-state index contributed by atoms with van der Waals surface area (Å²) in [6.45, 7) is 1.88. The number of ether oxygens (including phenoxy) is 2. The van der Waals surface area contributed by atoms with Crippen LogP contribution in [0.2, 0.25) is 0 Å². The molecule has 0 fully saturated rings. The Labute approximate surface area is 121 Å². The molecule has 0 unspecified atom stereocenters. The molecule has 0 spiro atoms. The zero-order chi connectivity index (χ0) is 15.0. The number of fused-ring (bicyclic) bond motifs is 1. The summed E-state index contributed by atoms with van der Waals surface area (Å²) in [7, 11) is 3.17. The molecule has 0 saturated carbocycles. The minimum absolute atomic E-state index is 0.288. The molecule has 1 heterocycles. The first-order valence-electron chi connectivity index (χ1n) is 6.51. The number of aryl methyl sites for hydroxylation is 1. The van der Waals surface area contributed by atoms with Gasteiger partial charge in [-0.1, -0.05) is 0 Å². The molecule has 0 radical (unpaired) electrons. The summed E-state index contributed by atoms with van der Waals surface area (Å²) in [6.07, 6.45) is 0. The Morgan fingerprint density at radius 3 is 2.48 bits per heavy atom. The normalized spacial score (nSPS) is 10.9. The Morgan fingerprint density at radius 1 is 1.00 bits per heavy atom. The highest BCUT2D eigenvalue weighted by Gasteiger charge is 2.12. The summed E-state index contributed by atoms with van der Waals surface area (Å²) in [4.78, 5) is 4.45. The number of hydrogen-bond acceptors (Lipinski definition) is 3. The second kappa shape index (κ2) is 5.09. The SMILES string of the molecule is COc1ccc(-n2c(C)nc3ccc(F)cc32)cc1OC. The Morgan fingerprint density at radius 2 is 1.76 bits per heavy atom. The molecular weight excluding hydrogens is 271 g/mol. The molecular formula is C16H15FN2O2. The molecule has 5 heteroatoms. The molecule has 2 aromatic carbocycles. The fourth-order valence-corrected chi connectivity index (χ4v) is 2.46. The highest BCUT2D eigenvalue weighted by molar-refractivity contribution is 5.78. The van der Waals surface area contributed by atoms with E-state index in [-0.39, 0.29) is 5.82 Å². The molecule has 0 amide bonds. The summed E-state index contributed by atoms with van der Waals surface area (Å²) >= 11 is 0. The standard InChI is InChI=1S/C16H15FN2O2/c1-10-18-13-6-4-11(17)8-14(13)19(10)12-5-7-15(20-2)16(9-12)21-3/h4-9H,1-3H3. The van der Waals surface area contributed by atoms with E-state index in [1.807, 2.05) is 29.7 Å². The molecule has 0 N–H and O–H groups in total. The molecule has 21 heavy (non-hydrogen) atoms. The van der Waals surface area contributed by atoms with Gasteiger partial charge in [-0.2, -0.15) is 0 Å². The van der Waals surface area contributed by atoms with E-state index in [4.69, 9.17) is 9.47 Å². The third-order valence-corrected chi connectivity index (χ3v) is 3.41. The van der Waals surface area contributed by atoms with Crippen molar-refractivity contribution in [1.29, 1.82) is 0 Å². The molecule has 3 rings (SSSR count). The van der Waals surface area contributed by atoms with Gasteiger partial charge < -0.3 is 9.47 Å². The minimum atomic E-state index is -0.288. The van der Waals surface area contributed by atoms with Crippen LogP contribution in [0.4, 0.5) is 4.39 Å². The average molecular weight is 286 g/mol. The fraction of sp³-hybridized carbons (Fsp3) is 0.188. The highest BCUT2D eigenvalue weighted by atomic mass is 19.1. The van der Waals surface area contributed by atoms with E-state index in [0.29, 0.717) is 11.5 Å². The summed E-state index contributed by atoms with van der Waals surface area (Å²) < 4.78 is 26.0. The summed E-state index contributed by atoms with van der Waals surface area (Å²) in [6, 6.07) is 10.1. The van der Waals surface area contributed by atoms with Crippen LogP contribution in [0.5, 0.6) is 11.5 Å². The first-order valence-corrected chi connectivity index (χ1v) is 6.51. The van der Waals surface area contributed by atoms with Gasteiger partial charge in [-0.05, 0) is 31.2 Å². The zero-order valence-electron chi connectivity index (χ0n) is 12.1. The van der Waals surface area contributed by atoms with Crippen LogP contribution in [-0.2, 0) is 0 Å². The van der Waals surface area contributed by atoms with Crippen molar-refractivity contribution in [2.45, 2.75) is 6.92 Å². The maximum atomic E-state index is 13.5. The Hall–Kier alpha value is -2.56. The molecule has 0 aliphatic heterocycles. The van der Waals surface area contributed by atoms with Gasteiger partial charge in [0.1, 0.15) is 11.6 Å². The Kier molecular flexibility index (Phi) is 3.25. The van der Waals surface area contributed by atoms with Crippen LogP contribution in [0, 0.1) is 12.7 Å². The van der Waals surface area contributed by atoms with Gasteiger partial charge in [0, 0.05) is 12.1 Å². The van der Waals surface area contributed by atoms with Crippen molar-refractivity contribution in [2.24, 2.45) is 0 Å². The summed E-state index contributed by atoms with van der Waals surface area (Å²) in [5, 5.41) is 0. The molecule has 1 aromatic heterocycles. The summed E-state index contributed by atoms with van der Waals surface area (Å²) in [5.74, 6) is 1.76. The van der Waals surface area contributed by atoms with Gasteiger partial charge in [0.2, 0.25) is 0 Å². The predicted octanol–water partition coefficient (Wildman–Crippen LogP) is 3.49. The van der Waals surface area contributed by atoms with E-state index in [1.165, 1.54) is 12.1 Å². The quantitative estimate of drug-likeness (QED) is 0.739. The minimum Gasteiger partial charge on any atom is -0.493 e. The number of methoxy groups -OCH3 is 2. The number of aromatic nitrogens is 2. The van der Waals surface area contributed by atoms with Crippen LogP contribution in [0.1, 0.15) is 5.82 Å². The first-order chi connectivity index (χ1) is 10.1. The predicted molar refractivity (Wildman–Crippen MR) is 78.9 cm³/mol. The Balaban J connectivity index is 2.24. The molecule has 0 aliphatic carbocycles. The number of nitrogens with zero attached hydrogens (tertiary/aromatic N) is 2. The van der Waals surface area contributed by atoms with E-state index in [9.17, 15) is 4.39 Å². The van der Waals surface area contributed by atoms with E-state index in [0.717, 1.165) is 22.5 Å². The molecule has 3 aromatic rings. The lowest BCUT2D eigenvalue weighted by Crippen LogP contribution is -1.99. The largest absolute Gasteiger partial charge is 0.493 e. The van der Waals surface area contributed by atoms with Crippen molar-refractivity contribution in [1.82, 2.24) is 9.55 Å². The third-order valence-electron chi connectivity index (χ3n) is 3.41. The lowest BCUT2D eigenvalue weighted by atomic mass is 10.2. The van der Waals surface area contributed by atoms with Crippen LogP contribution in [0.25, 0.3) is 16.7 Å². The van der Waals surface area contributed by atoms with Gasteiger partial charge >= 0.3 is 0 Å². The van der Waals surface area contributed by atoms with Gasteiger partial charge in [0.05, 0.1) is 30.9 Å². The fourth-order valence-electron chi connectivity index (χ4n) is 2.46. The Bertz CT molecular complexity index is 811. The zero-order valence-corrected chi connectivity index (χ0v) is 12.1. The smallest absolute Gasteiger partial charge is 0.162 e. The van der Waals surface area contributed by atoms with Crippen molar-refractivity contribution in [2.75, 3.05) is 14.2 Å². The molecule has 0 saturated heterocycles. The molecule has 0 atom stereocenters. The van der Waals surface area contributed by atoms with E-state index in [2.05, 4.69) is 4.98 Å². The third kappa shape index (κ3) is 2.20. The van der Waals surface area contributed by atoms with E-state index in [1.54, 1.807) is 20.3 Å². The number of imidazole rings is 1. The number of halogens is 1.